The first kappa shape index (κ1) is 12.7. The molecule has 0 bridgehead atoms. The maximum Gasteiger partial charge on any atom is 0.118 e. The van der Waals surface area contributed by atoms with Gasteiger partial charge < -0.3 is 9.47 Å². The van der Waals surface area contributed by atoms with E-state index in [-0.39, 0.29) is 5.41 Å². The Morgan fingerprint density at radius 3 is 1.95 bits per heavy atom. The molecule has 3 heteroatoms. The van der Waals surface area contributed by atoms with Gasteiger partial charge in [-0.3, -0.25) is 0 Å². The summed E-state index contributed by atoms with van der Waals surface area (Å²) in [6.45, 7) is 6.69. The van der Waals surface area contributed by atoms with Gasteiger partial charge in [-0.25, -0.2) is 0 Å². The van der Waals surface area contributed by atoms with Gasteiger partial charge >= 0.3 is 0 Å². The molecule has 2 saturated heterocycles. The molecular weight excluding hydrogens is 238 g/mol. The first-order valence-electron chi connectivity index (χ1n) is 6.81. The highest BCUT2D eigenvalue weighted by Crippen LogP contribution is 2.51. The number of hydrogen-bond donors (Lipinski definition) is 0. The highest BCUT2D eigenvalue weighted by molar-refractivity contribution is 5.38. The van der Waals surface area contributed by atoms with Gasteiger partial charge in [0.25, 0.3) is 0 Å². The lowest BCUT2D eigenvalue weighted by Crippen LogP contribution is -2.66. The fourth-order valence-electron chi connectivity index (χ4n) is 2.97. The molecule has 3 rings (SSSR count). The van der Waals surface area contributed by atoms with Crippen LogP contribution in [-0.2, 0) is 14.9 Å². The summed E-state index contributed by atoms with van der Waals surface area (Å²) < 4.78 is 10.8. The molecule has 0 radical (unpaired) electrons. The van der Waals surface area contributed by atoms with E-state index in [9.17, 15) is 5.26 Å². The molecular formula is C16H19NO2. The van der Waals surface area contributed by atoms with Gasteiger partial charge in [0.15, 0.2) is 0 Å². The molecule has 2 aliphatic rings. The maximum atomic E-state index is 9.56. The molecule has 3 nitrogen and oxygen atoms in total. The van der Waals surface area contributed by atoms with Crippen LogP contribution in [0.2, 0.25) is 0 Å². The van der Waals surface area contributed by atoms with Crippen molar-refractivity contribution in [3.8, 4) is 6.07 Å². The van der Waals surface area contributed by atoms with Crippen molar-refractivity contribution in [1.29, 1.82) is 5.26 Å². The van der Waals surface area contributed by atoms with Crippen molar-refractivity contribution in [3.05, 3.63) is 35.4 Å². The van der Waals surface area contributed by atoms with E-state index in [0.29, 0.717) is 32.3 Å². The monoisotopic (exact) mass is 257 g/mol. The summed E-state index contributed by atoms with van der Waals surface area (Å²) in [5.74, 6) is 0.527. The summed E-state index contributed by atoms with van der Waals surface area (Å²) in [5.41, 5.74) is 1.98. The fraction of sp³-hybridized carbons (Fsp3) is 0.562. The lowest BCUT2D eigenvalue weighted by molar-refractivity contribution is -0.201. The van der Waals surface area contributed by atoms with E-state index in [1.807, 2.05) is 0 Å². The largest absolute Gasteiger partial charge is 0.379 e. The maximum absolute atomic E-state index is 9.56. The Labute approximate surface area is 114 Å². The molecule has 2 heterocycles. The molecule has 0 N–H and O–H groups in total. The van der Waals surface area contributed by atoms with Gasteiger partial charge in [0.2, 0.25) is 0 Å². The molecule has 1 aromatic carbocycles. The molecule has 0 amide bonds. The van der Waals surface area contributed by atoms with E-state index in [4.69, 9.17) is 9.47 Å². The average Bonchev–Trinajstić information content (AvgIpc) is 2.31. The summed E-state index contributed by atoms with van der Waals surface area (Å²) >= 11 is 0. The summed E-state index contributed by atoms with van der Waals surface area (Å²) in [4.78, 5) is 0. The van der Waals surface area contributed by atoms with Crippen LogP contribution in [-0.4, -0.2) is 26.4 Å². The minimum atomic E-state index is -0.398. The van der Waals surface area contributed by atoms with Crippen LogP contribution in [0, 0.1) is 16.7 Å². The Morgan fingerprint density at radius 2 is 1.63 bits per heavy atom. The topological polar surface area (TPSA) is 42.2 Å². The minimum absolute atomic E-state index is 0.171. The van der Waals surface area contributed by atoms with Crippen molar-refractivity contribution in [1.82, 2.24) is 0 Å². The number of benzene rings is 1. The predicted octanol–water partition coefficient (Wildman–Crippen LogP) is 2.62. The standard InChI is InChI=1S/C16H19NO2/c1-12(2)13-3-5-14(6-4-13)16(10-19-11-16)15(7-17)8-18-9-15/h3-6,12H,8-11H2,1-2H3. The third kappa shape index (κ3) is 1.64. The van der Waals surface area contributed by atoms with Gasteiger partial charge in [0, 0.05) is 0 Å². The smallest absolute Gasteiger partial charge is 0.118 e. The summed E-state index contributed by atoms with van der Waals surface area (Å²) in [5, 5.41) is 9.56. The SMILES string of the molecule is CC(C)c1ccc(C2(C3(C#N)COC3)COC2)cc1. The van der Waals surface area contributed by atoms with Gasteiger partial charge in [0.1, 0.15) is 5.41 Å². The Morgan fingerprint density at radius 1 is 1.05 bits per heavy atom. The Hall–Kier alpha value is -1.37. The van der Waals surface area contributed by atoms with E-state index in [2.05, 4.69) is 44.2 Å². The number of ether oxygens (including phenoxy) is 2. The first-order chi connectivity index (χ1) is 9.13. The van der Waals surface area contributed by atoms with E-state index in [1.54, 1.807) is 0 Å². The van der Waals surface area contributed by atoms with Gasteiger partial charge in [0.05, 0.1) is 37.9 Å². The van der Waals surface area contributed by atoms with Gasteiger partial charge in [-0.1, -0.05) is 38.1 Å². The summed E-state index contributed by atoms with van der Waals surface area (Å²) in [6, 6.07) is 11.2. The van der Waals surface area contributed by atoms with Crippen molar-refractivity contribution >= 4 is 0 Å². The zero-order chi connectivity index (χ0) is 13.5. The van der Waals surface area contributed by atoms with Crippen LogP contribution in [0.4, 0.5) is 0 Å². The third-order valence-corrected chi connectivity index (χ3v) is 4.65. The Balaban J connectivity index is 1.97. The fourth-order valence-corrected chi connectivity index (χ4v) is 2.97. The molecule has 0 unspecified atom stereocenters. The number of rotatable bonds is 3. The molecule has 2 aliphatic heterocycles. The van der Waals surface area contributed by atoms with Crippen molar-refractivity contribution in [2.24, 2.45) is 5.41 Å². The van der Waals surface area contributed by atoms with Crippen LogP contribution >= 0.6 is 0 Å². The van der Waals surface area contributed by atoms with E-state index < -0.39 is 5.41 Å². The molecule has 0 saturated carbocycles. The molecule has 2 fully saturated rings. The highest BCUT2D eigenvalue weighted by atomic mass is 16.5. The molecule has 0 spiro atoms. The van der Waals surface area contributed by atoms with Gasteiger partial charge in [-0.15, -0.1) is 0 Å². The van der Waals surface area contributed by atoms with Crippen LogP contribution in [0.3, 0.4) is 0 Å². The zero-order valence-electron chi connectivity index (χ0n) is 11.5. The number of hydrogen-bond acceptors (Lipinski definition) is 3. The highest BCUT2D eigenvalue weighted by Gasteiger charge is 2.61. The van der Waals surface area contributed by atoms with Crippen LogP contribution < -0.4 is 0 Å². The molecule has 1 aromatic rings. The third-order valence-electron chi connectivity index (χ3n) is 4.65. The predicted molar refractivity (Wildman–Crippen MR) is 71.9 cm³/mol. The normalized spacial score (nSPS) is 23.3. The van der Waals surface area contributed by atoms with Crippen LogP contribution in [0.5, 0.6) is 0 Å². The lowest BCUT2D eigenvalue weighted by Gasteiger charge is -2.55. The molecule has 100 valence electrons. The van der Waals surface area contributed by atoms with Gasteiger partial charge in [-0.2, -0.15) is 5.26 Å². The van der Waals surface area contributed by atoms with Gasteiger partial charge in [-0.05, 0) is 17.0 Å². The van der Waals surface area contributed by atoms with Crippen molar-refractivity contribution in [2.45, 2.75) is 25.2 Å². The van der Waals surface area contributed by atoms with Crippen LogP contribution in [0.15, 0.2) is 24.3 Å². The quantitative estimate of drug-likeness (QED) is 0.836. The first-order valence-corrected chi connectivity index (χ1v) is 6.81. The van der Waals surface area contributed by atoms with Crippen molar-refractivity contribution in [2.75, 3.05) is 26.4 Å². The van der Waals surface area contributed by atoms with Crippen LogP contribution in [0.25, 0.3) is 0 Å². The van der Waals surface area contributed by atoms with E-state index in [0.717, 1.165) is 0 Å². The summed E-state index contributed by atoms with van der Waals surface area (Å²) in [6.07, 6.45) is 0. The van der Waals surface area contributed by atoms with Crippen molar-refractivity contribution < 1.29 is 9.47 Å². The second-order valence-corrected chi connectivity index (χ2v) is 6.04. The zero-order valence-corrected chi connectivity index (χ0v) is 11.5. The molecule has 0 aromatic heterocycles. The van der Waals surface area contributed by atoms with Crippen molar-refractivity contribution in [3.63, 3.8) is 0 Å². The Kier molecular flexibility index (Phi) is 2.88. The van der Waals surface area contributed by atoms with Crippen LogP contribution in [0.1, 0.15) is 30.9 Å². The van der Waals surface area contributed by atoms with E-state index >= 15 is 0 Å². The molecule has 0 aliphatic carbocycles. The Bertz CT molecular complexity index is 505. The minimum Gasteiger partial charge on any atom is -0.379 e. The summed E-state index contributed by atoms with van der Waals surface area (Å²) in [7, 11) is 0. The second-order valence-electron chi connectivity index (χ2n) is 6.04. The second kappa shape index (κ2) is 4.33. The lowest BCUT2D eigenvalue weighted by atomic mass is 9.58. The average molecular weight is 257 g/mol. The number of nitrogens with zero attached hydrogens (tertiary/aromatic N) is 1. The van der Waals surface area contributed by atoms with E-state index in [1.165, 1.54) is 11.1 Å². The molecule has 0 atom stereocenters. The molecule has 19 heavy (non-hydrogen) atoms. The number of nitriles is 1.